The van der Waals surface area contributed by atoms with Crippen LogP contribution in [0.3, 0.4) is 0 Å². The van der Waals surface area contributed by atoms with Crippen molar-refractivity contribution in [2.24, 2.45) is 0 Å². The molecule has 1 aliphatic heterocycles. The summed E-state index contributed by atoms with van der Waals surface area (Å²) >= 11 is 0. The third kappa shape index (κ3) is 1.46. The maximum atomic E-state index is 12.9. The quantitative estimate of drug-likeness (QED) is 0.600. The van der Waals surface area contributed by atoms with E-state index in [2.05, 4.69) is 12.2 Å². The Bertz CT molecular complexity index is 336. The van der Waals surface area contributed by atoms with Crippen molar-refractivity contribution in [3.8, 4) is 0 Å². The highest BCUT2D eigenvalue weighted by Gasteiger charge is 2.16. The van der Waals surface area contributed by atoms with E-state index in [4.69, 9.17) is 5.73 Å². The SMILES string of the molecule is CC1CCc2cc(F)cc(N)c2N1. The van der Waals surface area contributed by atoms with E-state index >= 15 is 0 Å². The van der Waals surface area contributed by atoms with Gasteiger partial charge in [-0.15, -0.1) is 0 Å². The predicted molar refractivity (Wildman–Crippen MR) is 52.2 cm³/mol. The molecule has 0 bridgehead atoms. The first-order valence-electron chi connectivity index (χ1n) is 4.51. The molecule has 0 spiro atoms. The van der Waals surface area contributed by atoms with E-state index in [1.54, 1.807) is 6.07 Å². The molecule has 70 valence electrons. The Hall–Kier alpha value is -1.25. The minimum Gasteiger partial charge on any atom is -0.397 e. The van der Waals surface area contributed by atoms with Crippen LogP contribution in [-0.4, -0.2) is 6.04 Å². The zero-order chi connectivity index (χ0) is 9.42. The molecule has 0 aliphatic carbocycles. The van der Waals surface area contributed by atoms with E-state index in [1.165, 1.54) is 6.07 Å². The van der Waals surface area contributed by atoms with Gasteiger partial charge < -0.3 is 11.1 Å². The second kappa shape index (κ2) is 2.91. The third-order valence-corrected chi connectivity index (χ3v) is 2.45. The second-order valence-electron chi connectivity index (χ2n) is 3.61. The lowest BCUT2D eigenvalue weighted by Gasteiger charge is -2.25. The number of anilines is 2. The predicted octanol–water partition coefficient (Wildman–Crippen LogP) is 2.15. The van der Waals surface area contributed by atoms with Crippen LogP contribution in [0.1, 0.15) is 18.9 Å². The van der Waals surface area contributed by atoms with E-state index < -0.39 is 0 Å². The summed E-state index contributed by atoms with van der Waals surface area (Å²) in [4.78, 5) is 0. The number of aryl methyl sites for hydroxylation is 1. The van der Waals surface area contributed by atoms with Gasteiger partial charge in [0.1, 0.15) is 5.82 Å². The van der Waals surface area contributed by atoms with Crippen molar-refractivity contribution < 1.29 is 4.39 Å². The highest BCUT2D eigenvalue weighted by molar-refractivity contribution is 5.71. The van der Waals surface area contributed by atoms with Gasteiger partial charge in [-0.25, -0.2) is 4.39 Å². The Balaban J connectivity index is 2.47. The highest BCUT2D eigenvalue weighted by Crippen LogP contribution is 2.31. The average molecular weight is 180 g/mol. The molecule has 2 rings (SSSR count). The first kappa shape index (κ1) is 8.35. The van der Waals surface area contributed by atoms with Crippen molar-refractivity contribution in [3.05, 3.63) is 23.5 Å². The smallest absolute Gasteiger partial charge is 0.125 e. The highest BCUT2D eigenvalue weighted by atomic mass is 19.1. The monoisotopic (exact) mass is 180 g/mol. The molecule has 1 aromatic carbocycles. The Morgan fingerprint density at radius 2 is 2.31 bits per heavy atom. The number of nitrogens with one attached hydrogen (secondary N) is 1. The van der Waals surface area contributed by atoms with Crippen LogP contribution in [0.15, 0.2) is 12.1 Å². The molecule has 0 saturated carbocycles. The van der Waals surface area contributed by atoms with Crippen LogP contribution in [0.2, 0.25) is 0 Å². The molecular formula is C10H13FN2. The molecule has 0 fully saturated rings. The molecule has 0 saturated heterocycles. The van der Waals surface area contributed by atoms with E-state index in [0.717, 1.165) is 24.1 Å². The van der Waals surface area contributed by atoms with Gasteiger partial charge in [0.25, 0.3) is 0 Å². The number of rotatable bonds is 0. The van der Waals surface area contributed by atoms with Crippen molar-refractivity contribution in [2.45, 2.75) is 25.8 Å². The van der Waals surface area contributed by atoms with Gasteiger partial charge in [0.15, 0.2) is 0 Å². The minimum atomic E-state index is -0.243. The van der Waals surface area contributed by atoms with Crippen molar-refractivity contribution in [1.82, 2.24) is 0 Å². The van der Waals surface area contributed by atoms with Crippen molar-refractivity contribution in [2.75, 3.05) is 11.1 Å². The van der Waals surface area contributed by atoms with Crippen LogP contribution in [0.25, 0.3) is 0 Å². The molecule has 1 aromatic rings. The van der Waals surface area contributed by atoms with Crippen molar-refractivity contribution in [3.63, 3.8) is 0 Å². The van der Waals surface area contributed by atoms with Crippen LogP contribution in [0.5, 0.6) is 0 Å². The summed E-state index contributed by atoms with van der Waals surface area (Å²) in [5, 5.41) is 3.26. The Labute approximate surface area is 76.9 Å². The standard InChI is InChI=1S/C10H13FN2/c1-6-2-3-7-4-8(11)5-9(12)10(7)13-6/h4-6,13H,2-3,12H2,1H3. The number of benzene rings is 1. The zero-order valence-corrected chi connectivity index (χ0v) is 7.60. The summed E-state index contributed by atoms with van der Waals surface area (Å²) in [5.74, 6) is -0.243. The first-order valence-corrected chi connectivity index (χ1v) is 4.51. The van der Waals surface area contributed by atoms with E-state index in [9.17, 15) is 4.39 Å². The summed E-state index contributed by atoms with van der Waals surface area (Å²) in [6, 6.07) is 3.36. The van der Waals surface area contributed by atoms with Crippen molar-refractivity contribution in [1.29, 1.82) is 0 Å². The lowest BCUT2D eigenvalue weighted by atomic mass is 9.98. The molecule has 13 heavy (non-hydrogen) atoms. The first-order chi connectivity index (χ1) is 6.16. The molecule has 3 N–H and O–H groups in total. The molecular weight excluding hydrogens is 167 g/mol. The van der Waals surface area contributed by atoms with Crippen molar-refractivity contribution >= 4 is 11.4 Å². The Morgan fingerprint density at radius 3 is 3.08 bits per heavy atom. The van der Waals surface area contributed by atoms with Crippen LogP contribution in [0, 0.1) is 5.82 Å². The van der Waals surface area contributed by atoms with Gasteiger partial charge in [-0.3, -0.25) is 0 Å². The van der Waals surface area contributed by atoms with Crippen LogP contribution in [0.4, 0.5) is 15.8 Å². The number of halogens is 1. The lowest BCUT2D eigenvalue weighted by Crippen LogP contribution is -2.23. The van der Waals surface area contributed by atoms with Gasteiger partial charge in [-0.05, 0) is 37.5 Å². The van der Waals surface area contributed by atoms with Gasteiger partial charge in [0.05, 0.1) is 11.4 Å². The molecule has 0 radical (unpaired) electrons. The molecule has 3 heteroatoms. The maximum Gasteiger partial charge on any atom is 0.125 e. The second-order valence-corrected chi connectivity index (χ2v) is 3.61. The Kier molecular flexibility index (Phi) is 1.87. The fraction of sp³-hybridized carbons (Fsp3) is 0.400. The van der Waals surface area contributed by atoms with Gasteiger partial charge >= 0.3 is 0 Å². The van der Waals surface area contributed by atoms with Crippen LogP contribution in [-0.2, 0) is 6.42 Å². The zero-order valence-electron chi connectivity index (χ0n) is 7.60. The van der Waals surface area contributed by atoms with Gasteiger partial charge in [0, 0.05) is 6.04 Å². The van der Waals surface area contributed by atoms with Gasteiger partial charge in [-0.2, -0.15) is 0 Å². The number of hydrogen-bond acceptors (Lipinski definition) is 2. The molecule has 1 unspecified atom stereocenters. The molecule has 1 atom stereocenters. The largest absolute Gasteiger partial charge is 0.397 e. The fourth-order valence-electron chi connectivity index (χ4n) is 1.75. The molecule has 2 nitrogen and oxygen atoms in total. The summed E-state index contributed by atoms with van der Waals surface area (Å²) in [6.45, 7) is 2.10. The summed E-state index contributed by atoms with van der Waals surface area (Å²) < 4.78 is 12.9. The lowest BCUT2D eigenvalue weighted by molar-refractivity contribution is 0.618. The normalized spacial score (nSPS) is 20.6. The fourth-order valence-corrected chi connectivity index (χ4v) is 1.75. The summed E-state index contributed by atoms with van der Waals surface area (Å²) in [5.41, 5.74) is 8.13. The number of nitrogens with two attached hydrogens (primary N) is 1. The molecule has 1 aliphatic rings. The van der Waals surface area contributed by atoms with Crippen LogP contribution < -0.4 is 11.1 Å². The third-order valence-electron chi connectivity index (χ3n) is 2.45. The van der Waals surface area contributed by atoms with E-state index in [0.29, 0.717) is 11.7 Å². The number of fused-ring (bicyclic) bond motifs is 1. The number of nitrogen functional groups attached to an aromatic ring is 1. The van der Waals surface area contributed by atoms with Crippen LogP contribution >= 0.6 is 0 Å². The summed E-state index contributed by atoms with van der Waals surface area (Å²) in [7, 11) is 0. The Morgan fingerprint density at radius 1 is 1.54 bits per heavy atom. The van der Waals surface area contributed by atoms with Gasteiger partial charge in [0.2, 0.25) is 0 Å². The molecule has 0 aromatic heterocycles. The van der Waals surface area contributed by atoms with E-state index in [1.807, 2.05) is 0 Å². The van der Waals surface area contributed by atoms with Gasteiger partial charge in [-0.1, -0.05) is 0 Å². The molecule has 0 amide bonds. The number of hydrogen-bond donors (Lipinski definition) is 2. The summed E-state index contributed by atoms with van der Waals surface area (Å²) in [6.07, 6.45) is 1.95. The molecule has 1 heterocycles. The van der Waals surface area contributed by atoms with E-state index in [-0.39, 0.29) is 5.82 Å². The topological polar surface area (TPSA) is 38.0 Å². The average Bonchev–Trinajstić information content (AvgIpc) is 2.06. The maximum absolute atomic E-state index is 12.9. The minimum absolute atomic E-state index is 0.243.